The highest BCUT2D eigenvalue weighted by atomic mass is 31.2. The second-order valence-corrected chi connectivity index (χ2v) is 27.8. The minimum Gasteiger partial charge on any atom is -0.462 e. The number of ether oxygens (including phenoxy) is 4. The Morgan fingerprint density at radius 2 is 0.574 bits per heavy atom. The topological polar surface area (TPSA) is 237 Å². The highest BCUT2D eigenvalue weighted by Gasteiger charge is 2.30. The largest absolute Gasteiger partial charge is 0.472 e. The summed E-state index contributed by atoms with van der Waals surface area (Å²) in [6, 6.07) is 0. The zero-order chi connectivity index (χ0) is 69.0. The first-order valence-electron chi connectivity index (χ1n) is 37.2. The van der Waals surface area contributed by atoms with Gasteiger partial charge in [0.25, 0.3) is 0 Å². The number of unbranched alkanes of at least 4 members (excludes halogenated alkanes) is 32. The van der Waals surface area contributed by atoms with E-state index in [9.17, 15) is 43.2 Å². The number of hydrogen-bond acceptors (Lipinski definition) is 15. The first-order chi connectivity index (χ1) is 45.7. The van der Waals surface area contributed by atoms with E-state index in [1.165, 1.54) is 109 Å². The molecule has 0 bridgehead atoms. The van der Waals surface area contributed by atoms with Crippen LogP contribution in [0.15, 0.2) is 72.9 Å². The fourth-order valence-electron chi connectivity index (χ4n) is 10.0. The van der Waals surface area contributed by atoms with E-state index in [1.807, 2.05) is 0 Å². The van der Waals surface area contributed by atoms with Crippen LogP contribution in [0.3, 0.4) is 0 Å². The number of aliphatic hydroxyl groups is 1. The molecule has 0 aliphatic rings. The number of esters is 4. The van der Waals surface area contributed by atoms with E-state index < -0.39 is 97.5 Å². The highest BCUT2D eigenvalue weighted by molar-refractivity contribution is 7.47. The van der Waals surface area contributed by atoms with Crippen LogP contribution in [0, 0.1) is 0 Å². The van der Waals surface area contributed by atoms with Crippen LogP contribution in [0.1, 0.15) is 323 Å². The lowest BCUT2D eigenvalue weighted by Gasteiger charge is -2.21. The van der Waals surface area contributed by atoms with E-state index in [0.717, 1.165) is 135 Å². The second kappa shape index (κ2) is 68.0. The number of phosphoric acid groups is 2. The molecule has 0 amide bonds. The Bertz CT molecular complexity index is 2070. The minimum absolute atomic E-state index is 0.0714. The summed E-state index contributed by atoms with van der Waals surface area (Å²) in [4.78, 5) is 72.7. The number of rotatable bonds is 70. The number of allylic oxidation sites excluding steroid dienone is 12. The van der Waals surface area contributed by atoms with Gasteiger partial charge in [-0.2, -0.15) is 0 Å². The second-order valence-electron chi connectivity index (χ2n) is 24.9. The Morgan fingerprint density at radius 1 is 0.309 bits per heavy atom. The average molecular weight is 1370 g/mol. The lowest BCUT2D eigenvalue weighted by atomic mass is 10.0. The van der Waals surface area contributed by atoms with Crippen LogP contribution in [0.5, 0.6) is 0 Å². The number of carbonyl (C=O) groups is 4. The fraction of sp³-hybridized carbons (Fsp3) is 0.787. The van der Waals surface area contributed by atoms with Gasteiger partial charge in [-0.3, -0.25) is 37.3 Å². The first-order valence-corrected chi connectivity index (χ1v) is 40.2. The maximum atomic E-state index is 13.0. The number of carbonyl (C=O) groups excluding carboxylic acids is 4. The lowest BCUT2D eigenvalue weighted by Crippen LogP contribution is -2.30. The van der Waals surface area contributed by atoms with Crippen molar-refractivity contribution >= 4 is 39.5 Å². The molecule has 0 aromatic carbocycles. The summed E-state index contributed by atoms with van der Waals surface area (Å²) in [5, 5.41) is 10.6. The van der Waals surface area contributed by atoms with E-state index in [2.05, 4.69) is 101 Å². The first kappa shape index (κ1) is 90.5. The average Bonchev–Trinajstić information content (AvgIpc) is 1.67. The summed E-state index contributed by atoms with van der Waals surface area (Å²) >= 11 is 0. The summed E-state index contributed by atoms with van der Waals surface area (Å²) in [7, 11) is -9.94. The van der Waals surface area contributed by atoms with Crippen molar-refractivity contribution in [3.05, 3.63) is 72.9 Å². The summed E-state index contributed by atoms with van der Waals surface area (Å²) in [6.45, 7) is 4.66. The van der Waals surface area contributed by atoms with Gasteiger partial charge in [0.05, 0.1) is 26.4 Å². The molecular formula is C75H134O17P2. The van der Waals surface area contributed by atoms with Gasteiger partial charge >= 0.3 is 39.5 Å². The fourth-order valence-corrected chi connectivity index (χ4v) is 11.6. The summed E-state index contributed by atoms with van der Waals surface area (Å²) < 4.78 is 68.3. The van der Waals surface area contributed by atoms with Crippen molar-refractivity contribution in [2.45, 2.75) is 341 Å². The Hall–Kier alpha value is -3.50. The predicted octanol–water partition coefficient (Wildman–Crippen LogP) is 20.9. The molecule has 0 aromatic rings. The monoisotopic (exact) mass is 1370 g/mol. The lowest BCUT2D eigenvalue weighted by molar-refractivity contribution is -0.161. The molecule has 94 heavy (non-hydrogen) atoms. The van der Waals surface area contributed by atoms with Crippen molar-refractivity contribution in [3.8, 4) is 0 Å². The van der Waals surface area contributed by atoms with Crippen molar-refractivity contribution in [3.63, 3.8) is 0 Å². The molecule has 0 spiro atoms. The number of aliphatic hydroxyl groups excluding tert-OH is 1. The molecule has 0 saturated heterocycles. The summed E-state index contributed by atoms with van der Waals surface area (Å²) in [5.74, 6) is -2.21. The number of hydrogen-bond donors (Lipinski definition) is 3. The van der Waals surface area contributed by atoms with Crippen LogP contribution in [0.2, 0.25) is 0 Å². The Labute approximate surface area is 571 Å². The van der Waals surface area contributed by atoms with Crippen molar-refractivity contribution in [1.29, 1.82) is 0 Å². The standard InChI is InChI=1S/C75H134O17P2/c1-5-9-13-17-21-25-29-33-34-38-40-44-48-52-56-60-73(78)86-66-71(92-75(80)62-58-54-50-46-42-37-32-28-24-20-16-12-8-4)68-90-94(83,84)88-64-69(76)63-87-93(81,82)89-67-70(91-74(79)61-57-53-49-45-41-36-31-27-23-19-15-11-7-3)65-85-72(77)59-55-51-47-43-39-35-30-26-22-18-14-10-6-2/h9,13,16,20-21,25,28,32-34,40,44,69-71,76H,5-8,10-12,14-15,17-19,22-24,26-27,29-31,35-39,41-43,45-68H2,1-4H3,(H,81,82)(H,83,84)/b13-9-,20-16-,25-21-,32-28-,34-33-,44-40-. The van der Waals surface area contributed by atoms with Gasteiger partial charge < -0.3 is 33.8 Å². The maximum Gasteiger partial charge on any atom is 0.472 e. The van der Waals surface area contributed by atoms with Gasteiger partial charge in [0.2, 0.25) is 0 Å². The van der Waals surface area contributed by atoms with Gasteiger partial charge in [-0.15, -0.1) is 0 Å². The van der Waals surface area contributed by atoms with E-state index >= 15 is 0 Å². The molecule has 17 nitrogen and oxygen atoms in total. The van der Waals surface area contributed by atoms with Crippen molar-refractivity contribution in [1.82, 2.24) is 0 Å². The zero-order valence-corrected chi connectivity index (χ0v) is 61.2. The van der Waals surface area contributed by atoms with Gasteiger partial charge in [0, 0.05) is 25.7 Å². The molecule has 5 unspecified atom stereocenters. The third kappa shape index (κ3) is 67.1. The molecule has 3 N–H and O–H groups in total. The number of phosphoric ester groups is 2. The van der Waals surface area contributed by atoms with Gasteiger partial charge in [0.1, 0.15) is 19.3 Å². The summed E-state index contributed by atoms with van der Waals surface area (Å²) in [6.07, 6.45) is 66.2. The third-order valence-electron chi connectivity index (χ3n) is 15.7. The Morgan fingerprint density at radius 3 is 0.915 bits per heavy atom. The van der Waals surface area contributed by atoms with Crippen LogP contribution < -0.4 is 0 Å². The third-order valence-corrected chi connectivity index (χ3v) is 17.6. The normalized spacial score (nSPS) is 14.4. The predicted molar refractivity (Wildman–Crippen MR) is 381 cm³/mol. The van der Waals surface area contributed by atoms with Crippen molar-refractivity contribution in [2.75, 3.05) is 39.6 Å². The Balaban J connectivity index is 5.35. The summed E-state index contributed by atoms with van der Waals surface area (Å²) in [5.41, 5.74) is 0. The molecule has 5 atom stereocenters. The molecule has 0 rings (SSSR count). The molecule has 0 radical (unpaired) electrons. The molecule has 0 aliphatic heterocycles. The smallest absolute Gasteiger partial charge is 0.462 e. The van der Waals surface area contributed by atoms with E-state index in [-0.39, 0.29) is 25.7 Å². The Kier molecular flexibility index (Phi) is 65.5. The molecule has 546 valence electrons. The van der Waals surface area contributed by atoms with Crippen LogP contribution in [-0.4, -0.2) is 96.7 Å². The van der Waals surface area contributed by atoms with E-state index in [4.69, 9.17) is 37.0 Å². The molecular weight excluding hydrogens is 1230 g/mol. The molecule has 0 aliphatic carbocycles. The molecule has 19 heteroatoms. The SMILES string of the molecule is CC/C=C\C/C=C\C/C=C\C/C=C\CCCCC(=O)OCC(COP(=O)(O)OCC(O)COP(=O)(O)OCC(COC(=O)CCCCCCCCCCCCCCC)OC(=O)CCCCCCCCCCCCCCC)OC(=O)CCCCCCC/C=C\C/C=C\CCC. The highest BCUT2D eigenvalue weighted by Crippen LogP contribution is 2.45. The van der Waals surface area contributed by atoms with Crippen molar-refractivity contribution < 1.29 is 80.2 Å². The van der Waals surface area contributed by atoms with Crippen molar-refractivity contribution in [2.24, 2.45) is 0 Å². The van der Waals surface area contributed by atoms with Gasteiger partial charge in [0.15, 0.2) is 12.2 Å². The quantitative estimate of drug-likeness (QED) is 0.0169. The maximum absolute atomic E-state index is 13.0. The van der Waals surface area contributed by atoms with Gasteiger partial charge in [-0.1, -0.05) is 280 Å². The van der Waals surface area contributed by atoms with E-state index in [1.54, 1.807) is 0 Å². The minimum atomic E-state index is -4.98. The van der Waals surface area contributed by atoms with Crippen LogP contribution in [0.4, 0.5) is 0 Å². The molecule has 0 fully saturated rings. The molecule has 0 saturated carbocycles. The zero-order valence-electron chi connectivity index (χ0n) is 59.4. The van der Waals surface area contributed by atoms with E-state index in [0.29, 0.717) is 25.7 Å². The van der Waals surface area contributed by atoms with Crippen LogP contribution >= 0.6 is 15.6 Å². The van der Waals surface area contributed by atoms with Gasteiger partial charge in [-0.25, -0.2) is 9.13 Å². The van der Waals surface area contributed by atoms with Crippen LogP contribution in [0.25, 0.3) is 0 Å². The molecule has 0 aromatic heterocycles. The van der Waals surface area contributed by atoms with Gasteiger partial charge in [-0.05, 0) is 89.9 Å². The van der Waals surface area contributed by atoms with Crippen LogP contribution in [-0.2, 0) is 65.4 Å². The molecule has 0 heterocycles.